The number of benzene rings is 1. The van der Waals surface area contributed by atoms with E-state index >= 15 is 0 Å². The van der Waals surface area contributed by atoms with Crippen molar-refractivity contribution in [2.45, 2.75) is 6.92 Å². The molecular formula is C15H13N3O2. The van der Waals surface area contributed by atoms with Gasteiger partial charge in [0.1, 0.15) is 17.6 Å². The highest BCUT2D eigenvalue weighted by atomic mass is 16.5. The van der Waals surface area contributed by atoms with Gasteiger partial charge in [-0.15, -0.1) is 0 Å². The predicted octanol–water partition coefficient (Wildman–Crippen LogP) is 2.28. The molecule has 0 saturated heterocycles. The fourth-order valence-electron chi connectivity index (χ4n) is 1.61. The van der Waals surface area contributed by atoms with Gasteiger partial charge in [0, 0.05) is 6.20 Å². The Morgan fingerprint density at radius 2 is 2.20 bits per heavy atom. The Balaban J connectivity index is 1.94. The number of carbonyl (C=O) groups excluding carboxylic acids is 1. The van der Waals surface area contributed by atoms with Gasteiger partial charge in [0.25, 0.3) is 5.91 Å². The van der Waals surface area contributed by atoms with Crippen LogP contribution < -0.4 is 10.1 Å². The molecule has 0 unspecified atom stereocenters. The number of para-hydroxylation sites is 1. The van der Waals surface area contributed by atoms with Crippen molar-refractivity contribution in [2.24, 2.45) is 0 Å². The lowest BCUT2D eigenvalue weighted by Gasteiger charge is -2.08. The third-order valence-electron chi connectivity index (χ3n) is 2.55. The summed E-state index contributed by atoms with van der Waals surface area (Å²) in [6.45, 7) is 1.74. The summed E-state index contributed by atoms with van der Waals surface area (Å²) in [7, 11) is 0. The van der Waals surface area contributed by atoms with Crippen molar-refractivity contribution in [1.29, 1.82) is 5.26 Å². The zero-order chi connectivity index (χ0) is 14.4. The molecular weight excluding hydrogens is 254 g/mol. The highest BCUT2D eigenvalue weighted by Gasteiger charge is 2.07. The summed E-state index contributed by atoms with van der Waals surface area (Å²) in [6.07, 6.45) is 1.62. The molecule has 1 N–H and O–H groups in total. The molecule has 1 heterocycles. The van der Waals surface area contributed by atoms with Gasteiger partial charge in [0.05, 0.1) is 5.56 Å². The summed E-state index contributed by atoms with van der Waals surface area (Å²) < 4.78 is 5.33. The van der Waals surface area contributed by atoms with E-state index in [0.717, 1.165) is 5.56 Å². The number of pyridine rings is 1. The Morgan fingerprint density at radius 3 is 2.95 bits per heavy atom. The molecule has 0 aliphatic heterocycles. The summed E-state index contributed by atoms with van der Waals surface area (Å²) in [5, 5.41) is 11.5. The standard InChI is InChI=1S/C15H13N3O2/c1-11-6-7-17-14(8-11)18-15(19)10-20-13-5-3-2-4-12(13)9-16/h2-8H,10H2,1H3,(H,17,18,19). The minimum absolute atomic E-state index is 0.172. The fourth-order valence-corrected chi connectivity index (χ4v) is 1.61. The lowest BCUT2D eigenvalue weighted by atomic mass is 10.2. The second kappa shape index (κ2) is 6.34. The Labute approximate surface area is 116 Å². The van der Waals surface area contributed by atoms with E-state index in [1.54, 1.807) is 36.5 Å². The molecule has 0 atom stereocenters. The minimum Gasteiger partial charge on any atom is -0.482 e. The number of nitrogens with one attached hydrogen (secondary N) is 1. The number of aryl methyl sites for hydroxylation is 1. The Hall–Kier alpha value is -2.87. The Bertz CT molecular complexity index is 662. The normalized spacial score (nSPS) is 9.60. The van der Waals surface area contributed by atoms with Crippen LogP contribution in [0.5, 0.6) is 5.75 Å². The number of ether oxygens (including phenoxy) is 1. The number of anilines is 1. The maximum Gasteiger partial charge on any atom is 0.263 e. The first-order chi connectivity index (χ1) is 9.69. The topological polar surface area (TPSA) is 75.0 Å². The van der Waals surface area contributed by atoms with Crippen LogP contribution >= 0.6 is 0 Å². The van der Waals surface area contributed by atoms with Crippen LogP contribution in [-0.4, -0.2) is 17.5 Å². The summed E-state index contributed by atoms with van der Waals surface area (Å²) >= 11 is 0. The lowest BCUT2D eigenvalue weighted by Crippen LogP contribution is -2.21. The van der Waals surface area contributed by atoms with Crippen LogP contribution in [0.15, 0.2) is 42.6 Å². The van der Waals surface area contributed by atoms with Crippen LogP contribution in [-0.2, 0) is 4.79 Å². The molecule has 5 nitrogen and oxygen atoms in total. The van der Waals surface area contributed by atoms with Gasteiger partial charge in [-0.25, -0.2) is 4.98 Å². The summed E-state index contributed by atoms with van der Waals surface area (Å²) in [5.41, 5.74) is 1.40. The smallest absolute Gasteiger partial charge is 0.263 e. The van der Waals surface area contributed by atoms with Crippen molar-refractivity contribution < 1.29 is 9.53 Å². The maximum absolute atomic E-state index is 11.7. The van der Waals surface area contributed by atoms with Gasteiger partial charge in [0.15, 0.2) is 6.61 Å². The molecule has 0 spiro atoms. The summed E-state index contributed by atoms with van der Waals surface area (Å²) in [6, 6.07) is 12.4. The largest absolute Gasteiger partial charge is 0.482 e. The average molecular weight is 267 g/mol. The van der Waals surface area contributed by atoms with E-state index < -0.39 is 0 Å². The molecule has 2 aromatic rings. The predicted molar refractivity (Wildman–Crippen MR) is 74.3 cm³/mol. The van der Waals surface area contributed by atoms with E-state index in [1.807, 2.05) is 19.1 Å². The number of carbonyl (C=O) groups is 1. The van der Waals surface area contributed by atoms with Crippen molar-refractivity contribution in [2.75, 3.05) is 11.9 Å². The number of hydrogen-bond donors (Lipinski definition) is 1. The molecule has 1 amide bonds. The van der Waals surface area contributed by atoms with Crippen molar-refractivity contribution >= 4 is 11.7 Å². The molecule has 0 bridgehead atoms. The minimum atomic E-state index is -0.323. The van der Waals surface area contributed by atoms with Gasteiger partial charge in [-0.1, -0.05) is 12.1 Å². The molecule has 0 fully saturated rings. The molecule has 1 aromatic heterocycles. The van der Waals surface area contributed by atoms with E-state index in [4.69, 9.17) is 10.00 Å². The van der Waals surface area contributed by atoms with Crippen LogP contribution in [0, 0.1) is 18.3 Å². The molecule has 0 aliphatic carbocycles. The lowest BCUT2D eigenvalue weighted by molar-refractivity contribution is -0.118. The molecule has 20 heavy (non-hydrogen) atoms. The molecule has 0 radical (unpaired) electrons. The van der Waals surface area contributed by atoms with Gasteiger partial charge in [-0.05, 0) is 36.8 Å². The third-order valence-corrected chi connectivity index (χ3v) is 2.55. The van der Waals surface area contributed by atoms with E-state index in [2.05, 4.69) is 10.3 Å². The van der Waals surface area contributed by atoms with Crippen LogP contribution in [0.3, 0.4) is 0 Å². The first-order valence-electron chi connectivity index (χ1n) is 6.03. The van der Waals surface area contributed by atoms with Gasteiger partial charge < -0.3 is 10.1 Å². The van der Waals surface area contributed by atoms with Crippen molar-refractivity contribution in [1.82, 2.24) is 4.98 Å². The van der Waals surface area contributed by atoms with Gasteiger partial charge >= 0.3 is 0 Å². The zero-order valence-electron chi connectivity index (χ0n) is 11.0. The first-order valence-corrected chi connectivity index (χ1v) is 6.03. The van der Waals surface area contributed by atoms with Crippen LogP contribution in [0.2, 0.25) is 0 Å². The van der Waals surface area contributed by atoms with Crippen LogP contribution in [0.1, 0.15) is 11.1 Å². The van der Waals surface area contributed by atoms with Gasteiger partial charge in [-0.3, -0.25) is 4.79 Å². The maximum atomic E-state index is 11.7. The number of aromatic nitrogens is 1. The van der Waals surface area contributed by atoms with Crippen molar-refractivity contribution in [3.8, 4) is 11.8 Å². The van der Waals surface area contributed by atoms with Gasteiger partial charge in [0.2, 0.25) is 0 Å². The van der Waals surface area contributed by atoms with E-state index in [1.165, 1.54) is 0 Å². The third kappa shape index (κ3) is 3.56. The Morgan fingerprint density at radius 1 is 1.40 bits per heavy atom. The van der Waals surface area contributed by atoms with Crippen LogP contribution in [0.25, 0.3) is 0 Å². The fraction of sp³-hybridized carbons (Fsp3) is 0.133. The number of hydrogen-bond acceptors (Lipinski definition) is 4. The molecule has 0 aliphatic rings. The Kier molecular flexibility index (Phi) is 4.30. The highest BCUT2D eigenvalue weighted by Crippen LogP contribution is 2.16. The van der Waals surface area contributed by atoms with E-state index in [9.17, 15) is 4.79 Å². The quantitative estimate of drug-likeness (QED) is 0.922. The summed E-state index contributed by atoms with van der Waals surface area (Å²) in [4.78, 5) is 15.8. The molecule has 2 rings (SSSR count). The number of nitrogens with zero attached hydrogens (tertiary/aromatic N) is 2. The van der Waals surface area contributed by atoms with E-state index in [-0.39, 0.29) is 12.5 Å². The average Bonchev–Trinajstić information content (AvgIpc) is 2.45. The van der Waals surface area contributed by atoms with Crippen LogP contribution in [0.4, 0.5) is 5.82 Å². The summed E-state index contributed by atoms with van der Waals surface area (Å²) in [5.74, 6) is 0.547. The number of nitriles is 1. The molecule has 1 aromatic carbocycles. The zero-order valence-corrected chi connectivity index (χ0v) is 11.0. The van der Waals surface area contributed by atoms with E-state index in [0.29, 0.717) is 17.1 Å². The molecule has 0 saturated carbocycles. The monoisotopic (exact) mass is 267 g/mol. The first kappa shape index (κ1) is 13.6. The van der Waals surface area contributed by atoms with Crippen molar-refractivity contribution in [3.05, 3.63) is 53.7 Å². The molecule has 100 valence electrons. The molecule has 5 heteroatoms. The SMILES string of the molecule is Cc1ccnc(NC(=O)COc2ccccc2C#N)c1. The van der Waals surface area contributed by atoms with Crippen molar-refractivity contribution in [3.63, 3.8) is 0 Å². The van der Waals surface area contributed by atoms with Gasteiger partial charge in [-0.2, -0.15) is 5.26 Å². The second-order valence-corrected chi connectivity index (χ2v) is 4.16. The number of amides is 1. The number of rotatable bonds is 4. The second-order valence-electron chi connectivity index (χ2n) is 4.16. The highest BCUT2D eigenvalue weighted by molar-refractivity contribution is 5.91.